The van der Waals surface area contributed by atoms with E-state index < -0.39 is 0 Å². The van der Waals surface area contributed by atoms with Gasteiger partial charge < -0.3 is 19.9 Å². The van der Waals surface area contributed by atoms with Gasteiger partial charge in [0.25, 0.3) is 5.91 Å². The molecule has 5 nitrogen and oxygen atoms in total. The minimum absolute atomic E-state index is 0.0650. The summed E-state index contributed by atoms with van der Waals surface area (Å²) >= 11 is 3.40. The highest BCUT2D eigenvalue weighted by molar-refractivity contribution is 9.10. The summed E-state index contributed by atoms with van der Waals surface area (Å²) < 4.78 is 6.21. The fourth-order valence-electron chi connectivity index (χ4n) is 3.02. The van der Waals surface area contributed by atoms with Crippen LogP contribution >= 0.6 is 15.9 Å². The second-order valence-electron chi connectivity index (χ2n) is 6.17. The van der Waals surface area contributed by atoms with Gasteiger partial charge in [-0.25, -0.2) is 0 Å². The molecule has 0 spiro atoms. The Balaban J connectivity index is 1.46. The monoisotopic (exact) mass is 404 g/mol. The minimum atomic E-state index is 0.0650. The molecule has 0 bridgehead atoms. The van der Waals surface area contributed by atoms with Gasteiger partial charge in [-0.3, -0.25) is 4.79 Å². The number of benzene rings is 2. The van der Waals surface area contributed by atoms with Crippen molar-refractivity contribution >= 4 is 33.2 Å². The number of piperazine rings is 1. The van der Waals surface area contributed by atoms with Crippen molar-refractivity contribution in [1.82, 2.24) is 0 Å². The number of methoxy groups -OCH3 is 1. The quantitative estimate of drug-likeness (QED) is 0.798. The van der Waals surface area contributed by atoms with Crippen LogP contribution < -0.4 is 19.9 Å². The summed E-state index contributed by atoms with van der Waals surface area (Å²) in [6.45, 7) is 4.33. The molecule has 1 saturated heterocycles. The van der Waals surface area contributed by atoms with Gasteiger partial charge in [0.15, 0.2) is 6.54 Å². The fraction of sp³-hybridized carbons (Fsp3) is 0.316. The van der Waals surface area contributed by atoms with Crippen LogP contribution in [0.4, 0.5) is 11.4 Å². The Kier molecular flexibility index (Phi) is 5.94. The second-order valence-corrected chi connectivity index (χ2v) is 7.08. The van der Waals surface area contributed by atoms with Gasteiger partial charge in [0.05, 0.1) is 33.3 Å². The first-order chi connectivity index (χ1) is 12.1. The number of hydrogen-bond acceptors (Lipinski definition) is 3. The van der Waals surface area contributed by atoms with Gasteiger partial charge >= 0.3 is 0 Å². The number of nitrogens with zero attached hydrogens (tertiary/aromatic N) is 1. The van der Waals surface area contributed by atoms with Gasteiger partial charge in [0.2, 0.25) is 0 Å². The van der Waals surface area contributed by atoms with Crippen LogP contribution in [-0.2, 0) is 4.79 Å². The van der Waals surface area contributed by atoms with Crippen LogP contribution in [0, 0.1) is 0 Å². The lowest BCUT2D eigenvalue weighted by atomic mass is 10.2. The zero-order valence-electron chi connectivity index (χ0n) is 14.3. The Morgan fingerprint density at radius 3 is 2.36 bits per heavy atom. The third-order valence-electron chi connectivity index (χ3n) is 4.45. The molecule has 2 aromatic carbocycles. The van der Waals surface area contributed by atoms with E-state index >= 15 is 0 Å². The predicted octanol–water partition coefficient (Wildman–Crippen LogP) is 1.80. The Bertz CT molecular complexity index is 696. The number of quaternary nitrogens is 1. The van der Waals surface area contributed by atoms with Crippen LogP contribution in [-0.4, -0.2) is 45.7 Å². The van der Waals surface area contributed by atoms with E-state index in [2.05, 4.69) is 38.3 Å². The molecule has 1 heterocycles. The van der Waals surface area contributed by atoms with E-state index in [9.17, 15) is 4.79 Å². The highest BCUT2D eigenvalue weighted by Gasteiger charge is 2.22. The van der Waals surface area contributed by atoms with Crippen molar-refractivity contribution in [3.05, 3.63) is 53.0 Å². The molecule has 2 N–H and O–H groups in total. The molecule has 2 aromatic rings. The van der Waals surface area contributed by atoms with Crippen molar-refractivity contribution in [1.29, 1.82) is 0 Å². The van der Waals surface area contributed by atoms with Crippen molar-refractivity contribution in [3.63, 3.8) is 0 Å². The molecular formula is C19H23BrN3O2+. The lowest BCUT2D eigenvalue weighted by molar-refractivity contribution is -0.892. The summed E-state index contributed by atoms with van der Waals surface area (Å²) in [6.07, 6.45) is 0. The summed E-state index contributed by atoms with van der Waals surface area (Å²) in [7, 11) is 1.68. The lowest BCUT2D eigenvalue weighted by Gasteiger charge is -2.33. The van der Waals surface area contributed by atoms with E-state index in [0.717, 1.165) is 42.1 Å². The molecule has 1 aliphatic rings. The number of ether oxygens (including phenoxy) is 1. The second kappa shape index (κ2) is 8.36. The summed E-state index contributed by atoms with van der Waals surface area (Å²) in [5, 5.41) is 2.96. The third-order valence-corrected chi connectivity index (χ3v) is 4.98. The van der Waals surface area contributed by atoms with Crippen LogP contribution in [0.2, 0.25) is 0 Å². The predicted molar refractivity (Wildman–Crippen MR) is 104 cm³/mol. The van der Waals surface area contributed by atoms with Crippen molar-refractivity contribution in [2.45, 2.75) is 0 Å². The molecule has 25 heavy (non-hydrogen) atoms. The average Bonchev–Trinajstić information content (AvgIpc) is 2.64. The summed E-state index contributed by atoms with van der Waals surface area (Å²) in [5.41, 5.74) is 2.05. The number of carbonyl (C=O) groups excluding carboxylic acids is 1. The Labute approximate surface area is 156 Å². The molecule has 0 aliphatic carbocycles. The van der Waals surface area contributed by atoms with Crippen molar-refractivity contribution in [3.8, 4) is 5.75 Å². The van der Waals surface area contributed by atoms with Gasteiger partial charge in [0, 0.05) is 15.8 Å². The fourth-order valence-corrected chi connectivity index (χ4v) is 3.28. The zero-order chi connectivity index (χ0) is 17.6. The summed E-state index contributed by atoms with van der Waals surface area (Å²) in [5.74, 6) is 0.938. The smallest absolute Gasteiger partial charge is 0.279 e. The maximum absolute atomic E-state index is 12.2. The van der Waals surface area contributed by atoms with E-state index in [1.807, 2.05) is 36.4 Å². The maximum Gasteiger partial charge on any atom is 0.279 e. The molecule has 0 atom stereocenters. The van der Waals surface area contributed by atoms with Crippen molar-refractivity contribution < 1.29 is 14.4 Å². The standard InChI is InChI=1S/C19H22BrN3O2/c1-25-18-8-6-17(7-9-18)23-12-10-22(11-13-23)14-19(24)21-16-4-2-15(20)3-5-16/h2-9H,10-14H2,1H3,(H,21,24)/p+1. The highest BCUT2D eigenvalue weighted by Crippen LogP contribution is 2.19. The Morgan fingerprint density at radius 2 is 1.76 bits per heavy atom. The van der Waals surface area contributed by atoms with Gasteiger partial charge in [-0.05, 0) is 48.5 Å². The van der Waals surface area contributed by atoms with Gasteiger partial charge in [-0.15, -0.1) is 0 Å². The van der Waals surface area contributed by atoms with Crippen molar-refractivity contribution in [2.75, 3.05) is 50.1 Å². The first-order valence-corrected chi connectivity index (χ1v) is 9.21. The molecule has 1 aliphatic heterocycles. The maximum atomic E-state index is 12.2. The first kappa shape index (κ1) is 17.8. The Hall–Kier alpha value is -2.05. The molecule has 1 amide bonds. The zero-order valence-corrected chi connectivity index (χ0v) is 15.9. The SMILES string of the molecule is COc1ccc(N2CC[NH+](CC(=O)Nc3ccc(Br)cc3)CC2)cc1. The molecule has 132 valence electrons. The third kappa shape index (κ3) is 4.96. The summed E-state index contributed by atoms with van der Waals surface area (Å²) in [6, 6.07) is 15.8. The van der Waals surface area contributed by atoms with Gasteiger partial charge in [0.1, 0.15) is 5.75 Å². The number of carbonyl (C=O) groups is 1. The molecule has 3 rings (SSSR count). The number of rotatable bonds is 5. The van der Waals surface area contributed by atoms with E-state index in [4.69, 9.17) is 4.74 Å². The number of nitrogens with one attached hydrogen (secondary N) is 2. The summed E-state index contributed by atoms with van der Waals surface area (Å²) in [4.78, 5) is 15.9. The molecule has 0 radical (unpaired) electrons. The molecule has 0 saturated carbocycles. The molecule has 1 fully saturated rings. The van der Waals surface area contributed by atoms with Crippen LogP contribution in [0.3, 0.4) is 0 Å². The van der Waals surface area contributed by atoms with Crippen LogP contribution in [0.1, 0.15) is 0 Å². The number of anilines is 2. The van der Waals surface area contributed by atoms with Gasteiger partial charge in [-0.2, -0.15) is 0 Å². The van der Waals surface area contributed by atoms with Crippen LogP contribution in [0.25, 0.3) is 0 Å². The largest absolute Gasteiger partial charge is 0.497 e. The highest BCUT2D eigenvalue weighted by atomic mass is 79.9. The number of hydrogen-bond donors (Lipinski definition) is 2. The Morgan fingerprint density at radius 1 is 1.12 bits per heavy atom. The van der Waals surface area contributed by atoms with Gasteiger partial charge in [-0.1, -0.05) is 15.9 Å². The topological polar surface area (TPSA) is 46.0 Å². The van der Waals surface area contributed by atoms with E-state index in [0.29, 0.717) is 6.54 Å². The van der Waals surface area contributed by atoms with E-state index in [1.165, 1.54) is 10.6 Å². The van der Waals surface area contributed by atoms with Crippen LogP contribution in [0.5, 0.6) is 5.75 Å². The van der Waals surface area contributed by atoms with Crippen molar-refractivity contribution in [2.24, 2.45) is 0 Å². The molecular weight excluding hydrogens is 382 g/mol. The normalized spacial score (nSPS) is 15.0. The van der Waals surface area contributed by atoms with E-state index in [1.54, 1.807) is 7.11 Å². The molecule has 0 unspecified atom stereocenters. The lowest BCUT2D eigenvalue weighted by Crippen LogP contribution is -3.15. The number of halogens is 1. The minimum Gasteiger partial charge on any atom is -0.497 e. The number of amides is 1. The average molecular weight is 405 g/mol. The molecule has 6 heteroatoms. The first-order valence-electron chi connectivity index (χ1n) is 8.42. The van der Waals surface area contributed by atoms with E-state index in [-0.39, 0.29) is 5.91 Å². The van der Waals surface area contributed by atoms with Crippen LogP contribution in [0.15, 0.2) is 53.0 Å². The molecule has 0 aromatic heterocycles.